The van der Waals surface area contributed by atoms with Gasteiger partial charge in [-0.3, -0.25) is 0 Å². The molecule has 0 saturated carbocycles. The molecule has 0 amide bonds. The van der Waals surface area contributed by atoms with E-state index in [1.165, 1.54) is 6.07 Å². The zero-order valence-electron chi connectivity index (χ0n) is 7.37. The monoisotopic (exact) mass is 219 g/mol. The molecule has 0 bridgehead atoms. The van der Waals surface area contributed by atoms with E-state index in [1.807, 2.05) is 0 Å². The summed E-state index contributed by atoms with van der Waals surface area (Å²) < 4.78 is 13.0. The van der Waals surface area contributed by atoms with Crippen LogP contribution in [0.15, 0.2) is 12.1 Å². The Kier molecular flexibility index (Phi) is 3.69. The predicted molar refractivity (Wildman–Crippen MR) is 51.7 cm³/mol. The molecule has 1 atom stereocenters. The van der Waals surface area contributed by atoms with E-state index in [4.69, 9.17) is 27.5 Å². The van der Waals surface area contributed by atoms with Gasteiger partial charge in [0.05, 0.1) is 5.02 Å². The van der Waals surface area contributed by atoms with Crippen LogP contribution in [0, 0.1) is 5.82 Å². The number of phenolic OH excluding ortho intramolecular Hbond substituents is 1. The fourth-order valence-electron chi connectivity index (χ4n) is 1.10. The molecule has 1 rings (SSSR count). The fraction of sp³-hybridized carbons (Fsp3) is 0.333. The Morgan fingerprint density at radius 3 is 2.64 bits per heavy atom. The van der Waals surface area contributed by atoms with E-state index in [0.29, 0.717) is 12.0 Å². The van der Waals surface area contributed by atoms with Crippen molar-refractivity contribution in [3.63, 3.8) is 0 Å². The van der Waals surface area contributed by atoms with Crippen molar-refractivity contribution in [1.29, 1.82) is 0 Å². The quantitative estimate of drug-likeness (QED) is 0.723. The molecule has 0 aliphatic carbocycles. The Balaban J connectivity index is 3.00. The summed E-state index contributed by atoms with van der Waals surface area (Å²) in [5, 5.41) is 17.6. The van der Waals surface area contributed by atoms with Crippen molar-refractivity contribution in [2.75, 3.05) is 6.61 Å². The van der Waals surface area contributed by atoms with E-state index in [1.54, 1.807) is 0 Å². The Hall–Kier alpha value is -0.840. The van der Waals surface area contributed by atoms with Crippen molar-refractivity contribution in [1.82, 2.24) is 0 Å². The normalized spacial score (nSPS) is 12.9. The SMILES string of the molecule is N[C@H](CCO)c1cc(F)c(O)c(Cl)c1. The van der Waals surface area contributed by atoms with E-state index in [0.717, 1.165) is 6.07 Å². The average Bonchev–Trinajstić information content (AvgIpc) is 2.13. The lowest BCUT2D eigenvalue weighted by Gasteiger charge is -2.11. The van der Waals surface area contributed by atoms with Crippen LogP contribution in [-0.4, -0.2) is 16.8 Å². The third-order valence-electron chi connectivity index (χ3n) is 1.91. The van der Waals surface area contributed by atoms with Crippen molar-refractivity contribution >= 4 is 11.6 Å². The maximum Gasteiger partial charge on any atom is 0.170 e. The molecule has 0 aromatic heterocycles. The molecule has 14 heavy (non-hydrogen) atoms. The molecule has 0 spiro atoms. The lowest BCUT2D eigenvalue weighted by molar-refractivity contribution is 0.276. The number of phenols is 1. The predicted octanol–water partition coefficient (Wildman–Crippen LogP) is 1.57. The van der Waals surface area contributed by atoms with E-state index in [9.17, 15) is 4.39 Å². The molecule has 5 heteroatoms. The molecule has 1 aromatic carbocycles. The van der Waals surface area contributed by atoms with Gasteiger partial charge in [-0.2, -0.15) is 0 Å². The third-order valence-corrected chi connectivity index (χ3v) is 2.20. The number of rotatable bonds is 3. The third kappa shape index (κ3) is 2.35. The lowest BCUT2D eigenvalue weighted by Crippen LogP contribution is -2.12. The highest BCUT2D eigenvalue weighted by molar-refractivity contribution is 6.32. The van der Waals surface area contributed by atoms with Gasteiger partial charge in [0.1, 0.15) is 0 Å². The van der Waals surface area contributed by atoms with Crippen LogP contribution in [-0.2, 0) is 0 Å². The van der Waals surface area contributed by atoms with Gasteiger partial charge in [0.25, 0.3) is 0 Å². The molecule has 78 valence electrons. The minimum Gasteiger partial charge on any atom is -0.504 e. The largest absolute Gasteiger partial charge is 0.504 e. The van der Waals surface area contributed by atoms with Crippen LogP contribution in [0.1, 0.15) is 18.0 Å². The number of aliphatic hydroxyl groups is 1. The van der Waals surface area contributed by atoms with Crippen LogP contribution >= 0.6 is 11.6 Å². The molecule has 4 N–H and O–H groups in total. The Labute approximate surface area is 85.9 Å². The average molecular weight is 220 g/mol. The van der Waals surface area contributed by atoms with Crippen molar-refractivity contribution in [3.8, 4) is 5.75 Å². The van der Waals surface area contributed by atoms with E-state index < -0.39 is 17.6 Å². The van der Waals surface area contributed by atoms with Gasteiger partial charge >= 0.3 is 0 Å². The van der Waals surface area contributed by atoms with Crippen LogP contribution in [0.3, 0.4) is 0 Å². The molecular formula is C9H11ClFNO2. The molecule has 3 nitrogen and oxygen atoms in total. The molecule has 1 aromatic rings. The molecule has 0 heterocycles. The summed E-state index contributed by atoms with van der Waals surface area (Å²) in [6, 6.07) is 2.02. The van der Waals surface area contributed by atoms with Crippen molar-refractivity contribution in [2.24, 2.45) is 5.73 Å². The summed E-state index contributed by atoms with van der Waals surface area (Å²) in [4.78, 5) is 0. The second-order valence-corrected chi connectivity index (χ2v) is 3.36. The van der Waals surface area contributed by atoms with Gasteiger partial charge in [-0.25, -0.2) is 4.39 Å². The fourth-order valence-corrected chi connectivity index (χ4v) is 1.32. The first-order chi connectivity index (χ1) is 6.56. The summed E-state index contributed by atoms with van der Waals surface area (Å²) in [6.07, 6.45) is 0.320. The lowest BCUT2D eigenvalue weighted by atomic mass is 10.0. The second kappa shape index (κ2) is 4.59. The smallest absolute Gasteiger partial charge is 0.170 e. The van der Waals surface area contributed by atoms with Gasteiger partial charge in [-0.15, -0.1) is 0 Å². The maximum absolute atomic E-state index is 13.0. The van der Waals surface area contributed by atoms with Crippen LogP contribution < -0.4 is 5.73 Å². The molecule has 0 aliphatic heterocycles. The Morgan fingerprint density at radius 1 is 1.50 bits per heavy atom. The Bertz CT molecular complexity index is 310. The molecule has 0 radical (unpaired) electrons. The first kappa shape index (κ1) is 11.2. The maximum atomic E-state index is 13.0. The van der Waals surface area contributed by atoms with E-state index in [-0.39, 0.29) is 11.6 Å². The zero-order valence-corrected chi connectivity index (χ0v) is 8.13. The minimum absolute atomic E-state index is 0.0756. The molecule has 0 saturated heterocycles. The second-order valence-electron chi connectivity index (χ2n) is 2.95. The van der Waals surface area contributed by atoms with Crippen LogP contribution in [0.5, 0.6) is 5.75 Å². The number of hydrogen-bond donors (Lipinski definition) is 3. The minimum atomic E-state index is -0.805. The molecule has 0 fully saturated rings. The number of hydrogen-bond acceptors (Lipinski definition) is 3. The van der Waals surface area contributed by atoms with Gasteiger partial charge < -0.3 is 15.9 Å². The number of benzene rings is 1. The Morgan fingerprint density at radius 2 is 2.14 bits per heavy atom. The molecular weight excluding hydrogens is 209 g/mol. The van der Waals surface area contributed by atoms with Crippen molar-refractivity contribution in [2.45, 2.75) is 12.5 Å². The van der Waals surface area contributed by atoms with Gasteiger partial charge in [0, 0.05) is 12.6 Å². The van der Waals surface area contributed by atoms with Gasteiger partial charge in [-0.05, 0) is 24.1 Å². The molecule has 0 aliphatic rings. The standard InChI is InChI=1S/C9H11ClFNO2/c10-6-3-5(8(12)1-2-13)4-7(11)9(6)14/h3-4,8,13-14H,1-2,12H2/t8-/m1/s1. The van der Waals surface area contributed by atoms with E-state index >= 15 is 0 Å². The van der Waals surface area contributed by atoms with Crippen molar-refractivity contribution < 1.29 is 14.6 Å². The number of halogens is 2. The number of aromatic hydroxyl groups is 1. The van der Waals surface area contributed by atoms with Gasteiger partial charge in [-0.1, -0.05) is 11.6 Å². The highest BCUT2D eigenvalue weighted by Crippen LogP contribution is 2.30. The van der Waals surface area contributed by atoms with Crippen molar-refractivity contribution in [3.05, 3.63) is 28.5 Å². The first-order valence-corrected chi connectivity index (χ1v) is 4.48. The van der Waals surface area contributed by atoms with Crippen LogP contribution in [0.4, 0.5) is 4.39 Å². The van der Waals surface area contributed by atoms with Gasteiger partial charge in [0.15, 0.2) is 11.6 Å². The van der Waals surface area contributed by atoms with Gasteiger partial charge in [0.2, 0.25) is 0 Å². The first-order valence-electron chi connectivity index (χ1n) is 4.10. The number of nitrogens with two attached hydrogens (primary N) is 1. The summed E-state index contributed by atoms with van der Waals surface area (Å²) in [5.41, 5.74) is 6.08. The summed E-state index contributed by atoms with van der Waals surface area (Å²) in [6.45, 7) is -0.0821. The highest BCUT2D eigenvalue weighted by atomic mass is 35.5. The topological polar surface area (TPSA) is 66.5 Å². The zero-order chi connectivity index (χ0) is 10.7. The summed E-state index contributed by atoms with van der Waals surface area (Å²) in [7, 11) is 0. The highest BCUT2D eigenvalue weighted by Gasteiger charge is 2.12. The summed E-state index contributed by atoms with van der Waals surface area (Å²) in [5.74, 6) is -1.38. The summed E-state index contributed by atoms with van der Waals surface area (Å²) >= 11 is 5.56. The number of aliphatic hydroxyl groups excluding tert-OH is 1. The molecule has 0 unspecified atom stereocenters. The van der Waals surface area contributed by atoms with Crippen LogP contribution in [0.2, 0.25) is 5.02 Å². The van der Waals surface area contributed by atoms with Crippen LogP contribution in [0.25, 0.3) is 0 Å². The van der Waals surface area contributed by atoms with E-state index in [2.05, 4.69) is 0 Å².